The van der Waals surface area contributed by atoms with E-state index in [1.165, 1.54) is 51.4 Å². The van der Waals surface area contributed by atoms with E-state index in [9.17, 15) is 5.11 Å². The molecule has 0 spiro atoms. The summed E-state index contributed by atoms with van der Waals surface area (Å²) in [5, 5.41) is 10.2. The van der Waals surface area contributed by atoms with Crippen molar-refractivity contribution >= 4 is 0 Å². The zero-order valence-electron chi connectivity index (χ0n) is 19.1. The summed E-state index contributed by atoms with van der Waals surface area (Å²) < 4.78 is 0. The first-order chi connectivity index (χ1) is 13.3. The molecule has 4 rings (SSSR count). The lowest BCUT2D eigenvalue weighted by molar-refractivity contribution is 0.0323. The van der Waals surface area contributed by atoms with E-state index in [4.69, 9.17) is 0 Å². The topological polar surface area (TPSA) is 20.2 Å². The van der Waals surface area contributed by atoms with Crippen molar-refractivity contribution in [1.29, 1.82) is 0 Å². The molecule has 1 N–H and O–H groups in total. The van der Waals surface area contributed by atoms with Gasteiger partial charge in [-0.1, -0.05) is 77.2 Å². The molecule has 3 fully saturated rings. The van der Waals surface area contributed by atoms with Gasteiger partial charge in [-0.2, -0.15) is 0 Å². The van der Waals surface area contributed by atoms with Gasteiger partial charge < -0.3 is 5.11 Å². The minimum Gasteiger partial charge on any atom is -0.393 e. The minimum atomic E-state index is -0.106. The van der Waals surface area contributed by atoms with E-state index >= 15 is 0 Å². The van der Waals surface area contributed by atoms with Crippen molar-refractivity contribution in [3.63, 3.8) is 0 Å². The van der Waals surface area contributed by atoms with Gasteiger partial charge in [0.05, 0.1) is 6.10 Å². The quantitative estimate of drug-likeness (QED) is 0.527. The maximum atomic E-state index is 10.2. The Morgan fingerprint density at radius 1 is 0.964 bits per heavy atom. The molecular weight excluding hydrogens is 340 g/mol. The first-order valence-corrected chi connectivity index (χ1v) is 12.3. The number of hydrogen-bond acceptors (Lipinski definition) is 1. The maximum absolute atomic E-state index is 10.2. The van der Waals surface area contributed by atoms with Gasteiger partial charge in [0.15, 0.2) is 0 Å². The van der Waals surface area contributed by atoms with Gasteiger partial charge in [-0.05, 0) is 85.4 Å². The molecule has 0 aromatic rings. The van der Waals surface area contributed by atoms with Crippen molar-refractivity contribution < 1.29 is 5.11 Å². The maximum Gasteiger partial charge on any atom is 0.0578 e. The molecule has 1 heteroatoms. The van der Waals surface area contributed by atoms with Crippen LogP contribution in [0.1, 0.15) is 98.8 Å². The van der Waals surface area contributed by atoms with Crippen molar-refractivity contribution in [3.05, 3.63) is 23.3 Å². The van der Waals surface area contributed by atoms with Crippen LogP contribution in [0.4, 0.5) is 0 Å². The molecule has 3 saturated carbocycles. The number of aliphatic hydroxyl groups is 1. The fraction of sp³-hybridized carbons (Fsp3) is 0.852. The molecular formula is C27H44O. The third-order valence-corrected chi connectivity index (χ3v) is 9.75. The Morgan fingerprint density at radius 2 is 1.75 bits per heavy atom. The van der Waals surface area contributed by atoms with Gasteiger partial charge >= 0.3 is 0 Å². The average Bonchev–Trinajstić information content (AvgIpc) is 2.99. The SMILES string of the molecule is CC(C)CCC[C@@H](C)[C@H]1CCC2C3=CC=C4C[C@@H](O)CC[C@]4(C)C3CC[C@@]21C. The van der Waals surface area contributed by atoms with Crippen molar-refractivity contribution in [2.45, 2.75) is 105 Å². The average molecular weight is 385 g/mol. The fourth-order valence-corrected chi connectivity index (χ4v) is 8.01. The number of allylic oxidation sites excluding steroid dienone is 3. The summed E-state index contributed by atoms with van der Waals surface area (Å²) in [4.78, 5) is 0. The van der Waals surface area contributed by atoms with Crippen molar-refractivity contribution in [3.8, 4) is 0 Å². The largest absolute Gasteiger partial charge is 0.393 e. The van der Waals surface area contributed by atoms with Crippen LogP contribution < -0.4 is 0 Å². The van der Waals surface area contributed by atoms with Crippen LogP contribution in [0.15, 0.2) is 23.3 Å². The molecule has 0 bridgehead atoms. The highest BCUT2D eigenvalue weighted by atomic mass is 16.3. The highest BCUT2D eigenvalue weighted by Crippen LogP contribution is 2.66. The number of rotatable bonds is 5. The Kier molecular flexibility index (Phi) is 5.62. The molecule has 0 aromatic heterocycles. The molecule has 28 heavy (non-hydrogen) atoms. The van der Waals surface area contributed by atoms with Crippen LogP contribution in [0.25, 0.3) is 0 Å². The zero-order valence-corrected chi connectivity index (χ0v) is 19.1. The van der Waals surface area contributed by atoms with Gasteiger partial charge in [0.1, 0.15) is 0 Å². The zero-order chi connectivity index (χ0) is 20.1. The van der Waals surface area contributed by atoms with Crippen molar-refractivity contribution in [1.82, 2.24) is 0 Å². The summed E-state index contributed by atoms with van der Waals surface area (Å²) in [5.41, 5.74) is 4.19. The van der Waals surface area contributed by atoms with E-state index in [1.54, 1.807) is 11.1 Å². The molecule has 158 valence electrons. The lowest BCUT2D eigenvalue weighted by Crippen LogP contribution is -2.46. The smallest absolute Gasteiger partial charge is 0.0578 e. The van der Waals surface area contributed by atoms with E-state index < -0.39 is 0 Å². The normalized spacial score (nSPS) is 43.7. The molecule has 4 aliphatic rings. The summed E-state index contributed by atoms with van der Waals surface area (Å²) in [6.07, 6.45) is 17.8. The second-order valence-electron chi connectivity index (χ2n) is 11.8. The predicted molar refractivity (Wildman–Crippen MR) is 119 cm³/mol. The van der Waals surface area contributed by atoms with Crippen LogP contribution in [0.5, 0.6) is 0 Å². The van der Waals surface area contributed by atoms with E-state index in [0.29, 0.717) is 10.8 Å². The highest BCUT2D eigenvalue weighted by molar-refractivity contribution is 5.38. The van der Waals surface area contributed by atoms with Gasteiger partial charge in [0.25, 0.3) is 0 Å². The van der Waals surface area contributed by atoms with Gasteiger partial charge in [0.2, 0.25) is 0 Å². The second-order valence-corrected chi connectivity index (χ2v) is 11.8. The van der Waals surface area contributed by atoms with Crippen molar-refractivity contribution in [2.24, 2.45) is 40.4 Å². The molecule has 4 aliphatic carbocycles. The molecule has 0 radical (unpaired) electrons. The van der Waals surface area contributed by atoms with Gasteiger partial charge in [-0.15, -0.1) is 0 Å². The summed E-state index contributed by atoms with van der Waals surface area (Å²) in [7, 11) is 0. The van der Waals surface area contributed by atoms with Crippen LogP contribution in [0.3, 0.4) is 0 Å². The standard InChI is InChI=1S/C27H44O/c1-18(2)7-6-8-19(3)23-11-12-24-22-10-9-20-17-21(28)13-15-26(20,4)25(22)14-16-27(23,24)5/h9-10,18-19,21,23-25,28H,6-8,11-17H2,1-5H3/t19-,21+,23-,24?,25?,26+,27-/m1/s1. The lowest BCUT2D eigenvalue weighted by atomic mass is 9.50. The summed E-state index contributed by atoms with van der Waals surface area (Å²) in [6.45, 7) is 12.5. The number of aliphatic hydroxyl groups excluding tert-OH is 1. The Balaban J connectivity index is 1.53. The van der Waals surface area contributed by atoms with E-state index in [1.807, 2.05) is 0 Å². The Morgan fingerprint density at radius 3 is 2.50 bits per heavy atom. The minimum absolute atomic E-state index is 0.106. The van der Waals surface area contributed by atoms with E-state index in [-0.39, 0.29) is 6.10 Å². The molecule has 0 heterocycles. The van der Waals surface area contributed by atoms with Crippen LogP contribution in [-0.4, -0.2) is 11.2 Å². The summed E-state index contributed by atoms with van der Waals surface area (Å²) >= 11 is 0. The monoisotopic (exact) mass is 384 g/mol. The molecule has 1 nitrogen and oxygen atoms in total. The highest BCUT2D eigenvalue weighted by Gasteiger charge is 2.56. The molecule has 7 atom stereocenters. The van der Waals surface area contributed by atoms with Gasteiger partial charge in [-0.25, -0.2) is 0 Å². The molecule has 0 amide bonds. The van der Waals surface area contributed by atoms with Crippen LogP contribution >= 0.6 is 0 Å². The van der Waals surface area contributed by atoms with Crippen LogP contribution in [0.2, 0.25) is 0 Å². The predicted octanol–water partition coefficient (Wildman–Crippen LogP) is 7.31. The summed E-state index contributed by atoms with van der Waals surface area (Å²) in [5.74, 6) is 4.19. The van der Waals surface area contributed by atoms with Gasteiger partial charge in [-0.3, -0.25) is 0 Å². The second kappa shape index (κ2) is 7.60. The molecule has 2 unspecified atom stereocenters. The molecule has 0 saturated heterocycles. The fourth-order valence-electron chi connectivity index (χ4n) is 8.01. The lowest BCUT2D eigenvalue weighted by Gasteiger charge is -2.55. The van der Waals surface area contributed by atoms with Crippen molar-refractivity contribution in [2.75, 3.05) is 0 Å². The summed E-state index contributed by atoms with van der Waals surface area (Å²) in [6, 6.07) is 0. The number of hydrogen-bond donors (Lipinski definition) is 1. The first kappa shape index (κ1) is 20.7. The third kappa shape index (κ3) is 3.34. The Bertz CT molecular complexity index is 643. The third-order valence-electron chi connectivity index (χ3n) is 9.75. The molecule has 0 aliphatic heterocycles. The van der Waals surface area contributed by atoms with Gasteiger partial charge in [0, 0.05) is 0 Å². The Hall–Kier alpha value is -0.560. The number of fused-ring (bicyclic) bond motifs is 5. The first-order valence-electron chi connectivity index (χ1n) is 12.3. The Labute approximate surface area is 174 Å². The van der Waals surface area contributed by atoms with E-state index in [2.05, 4.69) is 46.8 Å². The van der Waals surface area contributed by atoms with Crippen LogP contribution in [-0.2, 0) is 0 Å². The van der Waals surface area contributed by atoms with Crippen LogP contribution in [0, 0.1) is 40.4 Å². The molecule has 0 aromatic carbocycles. The van der Waals surface area contributed by atoms with E-state index in [0.717, 1.165) is 42.4 Å².